The predicted molar refractivity (Wildman–Crippen MR) is 71.9 cm³/mol. The van der Waals surface area contributed by atoms with E-state index in [0.717, 1.165) is 31.2 Å². The first-order valence-corrected chi connectivity index (χ1v) is 7.03. The molecule has 0 radical (unpaired) electrons. The second-order valence-corrected chi connectivity index (χ2v) is 5.68. The number of hydrogen-bond donors (Lipinski definition) is 2. The molecule has 18 heavy (non-hydrogen) atoms. The van der Waals surface area contributed by atoms with Gasteiger partial charge in [0.2, 0.25) is 11.0 Å². The normalized spacial score (nSPS) is 17.1. The first kappa shape index (κ1) is 13.4. The van der Waals surface area contributed by atoms with Crippen molar-refractivity contribution in [2.45, 2.75) is 19.8 Å². The maximum absolute atomic E-state index is 11.8. The molecule has 6 nitrogen and oxygen atoms in total. The molecule has 1 saturated heterocycles. The van der Waals surface area contributed by atoms with Gasteiger partial charge in [0.1, 0.15) is 5.01 Å². The van der Waals surface area contributed by atoms with E-state index in [9.17, 15) is 4.79 Å². The second kappa shape index (κ2) is 6.21. The van der Waals surface area contributed by atoms with Gasteiger partial charge in [-0.25, -0.2) is 0 Å². The molecule has 0 atom stereocenters. The molecule has 0 saturated carbocycles. The van der Waals surface area contributed by atoms with Gasteiger partial charge in [-0.1, -0.05) is 25.2 Å². The SMILES string of the molecule is CC(C)c1nnc(NC(=O)CN2CCNCC2)s1. The molecule has 100 valence electrons. The van der Waals surface area contributed by atoms with E-state index >= 15 is 0 Å². The fourth-order valence-electron chi connectivity index (χ4n) is 1.75. The molecular weight excluding hydrogens is 250 g/mol. The van der Waals surface area contributed by atoms with E-state index in [1.165, 1.54) is 11.3 Å². The standard InChI is InChI=1S/C11H19N5OS/c1-8(2)10-14-15-11(18-10)13-9(17)7-16-5-3-12-4-6-16/h8,12H,3-7H2,1-2H3,(H,13,15,17). The summed E-state index contributed by atoms with van der Waals surface area (Å²) in [6.07, 6.45) is 0. The lowest BCUT2D eigenvalue weighted by Gasteiger charge is -2.26. The van der Waals surface area contributed by atoms with Gasteiger partial charge >= 0.3 is 0 Å². The smallest absolute Gasteiger partial charge is 0.240 e. The fraction of sp³-hybridized carbons (Fsp3) is 0.727. The molecule has 0 bridgehead atoms. The van der Waals surface area contributed by atoms with Gasteiger partial charge in [0.05, 0.1) is 6.54 Å². The van der Waals surface area contributed by atoms with E-state index in [1.54, 1.807) is 0 Å². The highest BCUT2D eigenvalue weighted by molar-refractivity contribution is 7.15. The average Bonchev–Trinajstić information content (AvgIpc) is 2.78. The number of nitrogens with one attached hydrogen (secondary N) is 2. The third kappa shape index (κ3) is 3.72. The number of carbonyl (C=O) groups excluding carboxylic acids is 1. The van der Waals surface area contributed by atoms with Gasteiger partial charge in [-0.2, -0.15) is 0 Å². The maximum Gasteiger partial charge on any atom is 0.240 e. The summed E-state index contributed by atoms with van der Waals surface area (Å²) < 4.78 is 0. The van der Waals surface area contributed by atoms with E-state index < -0.39 is 0 Å². The molecule has 0 aliphatic carbocycles. The molecule has 1 amide bonds. The van der Waals surface area contributed by atoms with Crippen LogP contribution in [0.15, 0.2) is 0 Å². The number of nitrogens with zero attached hydrogens (tertiary/aromatic N) is 3. The molecule has 1 aromatic rings. The van der Waals surface area contributed by atoms with Crippen molar-refractivity contribution in [3.8, 4) is 0 Å². The Bertz CT molecular complexity index is 400. The number of hydrogen-bond acceptors (Lipinski definition) is 6. The highest BCUT2D eigenvalue weighted by Gasteiger charge is 2.15. The van der Waals surface area contributed by atoms with Gasteiger partial charge in [0.15, 0.2) is 0 Å². The van der Waals surface area contributed by atoms with Crippen LogP contribution in [0.25, 0.3) is 0 Å². The Labute approximate surface area is 111 Å². The molecule has 2 N–H and O–H groups in total. The Balaban J connectivity index is 1.82. The lowest BCUT2D eigenvalue weighted by Crippen LogP contribution is -2.46. The van der Waals surface area contributed by atoms with Gasteiger partial charge in [-0.3, -0.25) is 15.0 Å². The van der Waals surface area contributed by atoms with E-state index in [-0.39, 0.29) is 5.91 Å². The number of rotatable bonds is 4. The average molecular weight is 269 g/mol. The van der Waals surface area contributed by atoms with Gasteiger partial charge in [0, 0.05) is 32.1 Å². The van der Waals surface area contributed by atoms with E-state index in [2.05, 4.69) is 39.6 Å². The molecule has 1 aliphatic heterocycles. The fourth-order valence-corrected chi connectivity index (χ4v) is 2.51. The number of amides is 1. The maximum atomic E-state index is 11.8. The second-order valence-electron chi connectivity index (χ2n) is 4.67. The molecule has 0 unspecified atom stereocenters. The van der Waals surface area contributed by atoms with Crippen LogP contribution in [-0.4, -0.2) is 53.7 Å². The summed E-state index contributed by atoms with van der Waals surface area (Å²) in [7, 11) is 0. The third-order valence-electron chi connectivity index (χ3n) is 2.76. The quantitative estimate of drug-likeness (QED) is 0.833. The molecule has 0 spiro atoms. The molecule has 0 aromatic carbocycles. The Hall–Kier alpha value is -1.05. The minimum absolute atomic E-state index is 0.0108. The van der Waals surface area contributed by atoms with Crippen LogP contribution >= 0.6 is 11.3 Å². The summed E-state index contributed by atoms with van der Waals surface area (Å²) in [5, 5.41) is 15.6. The number of anilines is 1. The molecule has 7 heteroatoms. The van der Waals surface area contributed by atoms with Crippen LogP contribution in [0, 0.1) is 0 Å². The van der Waals surface area contributed by atoms with Gasteiger partial charge in [-0.15, -0.1) is 10.2 Å². The zero-order chi connectivity index (χ0) is 13.0. The van der Waals surface area contributed by atoms with Crippen LogP contribution in [0.2, 0.25) is 0 Å². The van der Waals surface area contributed by atoms with Crippen LogP contribution in [0.1, 0.15) is 24.8 Å². The lowest BCUT2D eigenvalue weighted by molar-refractivity contribution is -0.117. The van der Waals surface area contributed by atoms with Crippen molar-refractivity contribution in [3.63, 3.8) is 0 Å². The Morgan fingerprint density at radius 1 is 1.44 bits per heavy atom. The van der Waals surface area contributed by atoms with Gasteiger partial charge in [0.25, 0.3) is 0 Å². The number of aromatic nitrogens is 2. The Kier molecular flexibility index (Phi) is 4.62. The first-order valence-electron chi connectivity index (χ1n) is 6.21. The van der Waals surface area contributed by atoms with Crippen molar-refractivity contribution in [2.24, 2.45) is 0 Å². The van der Waals surface area contributed by atoms with Crippen molar-refractivity contribution in [1.82, 2.24) is 20.4 Å². The molecule has 1 fully saturated rings. The number of piperazine rings is 1. The first-order chi connectivity index (χ1) is 8.65. The molecule has 1 aliphatic rings. The highest BCUT2D eigenvalue weighted by atomic mass is 32.1. The molecule has 1 aromatic heterocycles. The summed E-state index contributed by atoms with van der Waals surface area (Å²) in [6.45, 7) is 8.28. The monoisotopic (exact) mass is 269 g/mol. The predicted octanol–water partition coefficient (Wildman–Crippen LogP) is 0.505. The zero-order valence-electron chi connectivity index (χ0n) is 10.8. The molecule has 2 rings (SSSR count). The van der Waals surface area contributed by atoms with E-state index in [4.69, 9.17) is 0 Å². The van der Waals surface area contributed by atoms with Crippen molar-refractivity contribution >= 4 is 22.4 Å². The van der Waals surface area contributed by atoms with E-state index in [1.807, 2.05) is 0 Å². The topological polar surface area (TPSA) is 70.2 Å². The summed E-state index contributed by atoms with van der Waals surface area (Å²) in [5.41, 5.74) is 0. The minimum atomic E-state index is -0.0108. The zero-order valence-corrected chi connectivity index (χ0v) is 11.6. The van der Waals surface area contributed by atoms with E-state index in [0.29, 0.717) is 17.6 Å². The van der Waals surface area contributed by atoms with Crippen LogP contribution < -0.4 is 10.6 Å². The van der Waals surface area contributed by atoms with Crippen LogP contribution in [0.4, 0.5) is 5.13 Å². The van der Waals surface area contributed by atoms with Crippen molar-refractivity contribution in [3.05, 3.63) is 5.01 Å². The van der Waals surface area contributed by atoms with Crippen molar-refractivity contribution in [2.75, 3.05) is 38.0 Å². The summed E-state index contributed by atoms with van der Waals surface area (Å²) in [5.74, 6) is 0.338. The van der Waals surface area contributed by atoms with Crippen molar-refractivity contribution in [1.29, 1.82) is 0 Å². The minimum Gasteiger partial charge on any atom is -0.314 e. The lowest BCUT2D eigenvalue weighted by atomic mass is 10.2. The Morgan fingerprint density at radius 2 is 2.17 bits per heavy atom. The third-order valence-corrected chi connectivity index (χ3v) is 3.90. The number of carbonyl (C=O) groups is 1. The van der Waals surface area contributed by atoms with Gasteiger partial charge in [-0.05, 0) is 0 Å². The summed E-state index contributed by atoms with van der Waals surface area (Å²) in [6, 6.07) is 0. The highest BCUT2D eigenvalue weighted by Crippen LogP contribution is 2.22. The van der Waals surface area contributed by atoms with Crippen molar-refractivity contribution < 1.29 is 4.79 Å². The molecule has 2 heterocycles. The van der Waals surface area contributed by atoms with Crippen LogP contribution in [-0.2, 0) is 4.79 Å². The molecular formula is C11H19N5OS. The van der Waals surface area contributed by atoms with Gasteiger partial charge < -0.3 is 5.32 Å². The summed E-state index contributed by atoms with van der Waals surface area (Å²) >= 11 is 1.45. The summed E-state index contributed by atoms with van der Waals surface area (Å²) in [4.78, 5) is 14.0. The Morgan fingerprint density at radius 3 is 2.78 bits per heavy atom. The van der Waals surface area contributed by atoms with Crippen LogP contribution in [0.5, 0.6) is 0 Å². The largest absolute Gasteiger partial charge is 0.314 e. The van der Waals surface area contributed by atoms with Crippen LogP contribution in [0.3, 0.4) is 0 Å².